The first-order valence-electron chi connectivity index (χ1n) is 10.5. The number of anilines is 1. The van der Waals surface area contributed by atoms with Crippen molar-refractivity contribution in [3.8, 4) is 5.75 Å². The fraction of sp³-hybridized carbons (Fsp3) is 0.240. The van der Waals surface area contributed by atoms with E-state index >= 15 is 0 Å². The number of nitrogens with zero attached hydrogens (tertiary/aromatic N) is 3. The van der Waals surface area contributed by atoms with Crippen molar-refractivity contribution in [2.45, 2.75) is 31.2 Å². The molecule has 0 N–H and O–H groups in total. The van der Waals surface area contributed by atoms with E-state index in [0.29, 0.717) is 18.1 Å². The third kappa shape index (κ3) is 5.29. The Morgan fingerprint density at radius 2 is 1.91 bits per heavy atom. The van der Waals surface area contributed by atoms with Crippen molar-refractivity contribution in [2.75, 3.05) is 17.8 Å². The Morgan fingerprint density at radius 1 is 1.09 bits per heavy atom. The summed E-state index contributed by atoms with van der Waals surface area (Å²) in [6.07, 6.45) is 3.00. The maximum Gasteiger partial charge on any atom is 0.229 e. The Morgan fingerprint density at radius 3 is 2.66 bits per heavy atom. The molecule has 0 aliphatic carbocycles. The van der Waals surface area contributed by atoms with Crippen molar-refractivity contribution in [3.05, 3.63) is 78.1 Å². The summed E-state index contributed by atoms with van der Waals surface area (Å²) in [7, 11) is 1.64. The number of aromatic nitrogens is 2. The first kappa shape index (κ1) is 22.3. The molecular formula is C25H25N3O2S2. The highest BCUT2D eigenvalue weighted by atomic mass is 32.2. The smallest absolute Gasteiger partial charge is 0.229 e. The number of amides is 1. The zero-order valence-corrected chi connectivity index (χ0v) is 19.8. The van der Waals surface area contributed by atoms with Gasteiger partial charge in [-0.1, -0.05) is 41.7 Å². The lowest BCUT2D eigenvalue weighted by atomic mass is 10.2. The zero-order chi connectivity index (χ0) is 22.3. The highest BCUT2D eigenvalue weighted by Crippen LogP contribution is 2.37. The Hall–Kier alpha value is -2.90. The second kappa shape index (κ2) is 10.6. The number of rotatable bonds is 9. The molecule has 0 bridgehead atoms. The van der Waals surface area contributed by atoms with E-state index in [2.05, 4.69) is 24.0 Å². The molecule has 32 heavy (non-hydrogen) atoms. The summed E-state index contributed by atoms with van der Waals surface area (Å²) < 4.78 is 6.54. The molecule has 0 aliphatic rings. The van der Waals surface area contributed by atoms with Crippen molar-refractivity contribution in [3.63, 3.8) is 0 Å². The Labute approximate surface area is 196 Å². The quantitative estimate of drug-likeness (QED) is 0.221. The number of thiazole rings is 1. The number of fused-ring (bicyclic) bond motifs is 1. The third-order valence-electron chi connectivity index (χ3n) is 5.04. The van der Waals surface area contributed by atoms with Gasteiger partial charge < -0.3 is 4.74 Å². The molecule has 7 heteroatoms. The number of benzene rings is 2. The fourth-order valence-electron chi connectivity index (χ4n) is 3.36. The van der Waals surface area contributed by atoms with E-state index in [1.165, 1.54) is 16.2 Å². The number of hydrogen-bond acceptors (Lipinski definition) is 6. The SMILES string of the molecule is COc1ccc(C)c2sc(N(Cc3ccccn3)C(=O)CCCSc3ccccc3)nc12. The highest BCUT2D eigenvalue weighted by Gasteiger charge is 2.22. The highest BCUT2D eigenvalue weighted by molar-refractivity contribution is 7.99. The normalized spacial score (nSPS) is 10.9. The lowest BCUT2D eigenvalue weighted by Gasteiger charge is -2.19. The average Bonchev–Trinajstić information content (AvgIpc) is 3.28. The van der Waals surface area contributed by atoms with E-state index in [-0.39, 0.29) is 5.91 Å². The van der Waals surface area contributed by atoms with Crippen LogP contribution in [0, 0.1) is 6.92 Å². The number of carbonyl (C=O) groups is 1. The Balaban J connectivity index is 1.54. The van der Waals surface area contributed by atoms with Gasteiger partial charge in [-0.25, -0.2) is 4.98 Å². The van der Waals surface area contributed by atoms with Crippen LogP contribution in [0.1, 0.15) is 24.1 Å². The molecule has 4 rings (SSSR count). The number of ether oxygens (including phenoxy) is 1. The minimum Gasteiger partial charge on any atom is -0.494 e. The summed E-state index contributed by atoms with van der Waals surface area (Å²) in [4.78, 5) is 25.5. The van der Waals surface area contributed by atoms with E-state index < -0.39 is 0 Å². The number of methoxy groups -OCH3 is 1. The van der Waals surface area contributed by atoms with Gasteiger partial charge >= 0.3 is 0 Å². The molecule has 5 nitrogen and oxygen atoms in total. The van der Waals surface area contributed by atoms with E-state index in [1.54, 1.807) is 30.0 Å². The Kier molecular flexibility index (Phi) is 7.39. The maximum atomic E-state index is 13.3. The van der Waals surface area contributed by atoms with Gasteiger partial charge in [-0.15, -0.1) is 11.8 Å². The summed E-state index contributed by atoms with van der Waals surface area (Å²) in [5.74, 6) is 1.66. The van der Waals surface area contributed by atoms with Gasteiger partial charge in [0.2, 0.25) is 5.91 Å². The molecule has 2 aromatic heterocycles. The fourth-order valence-corrected chi connectivity index (χ4v) is 5.30. The predicted molar refractivity (Wildman–Crippen MR) is 133 cm³/mol. The molecule has 0 radical (unpaired) electrons. The molecule has 2 aromatic carbocycles. The monoisotopic (exact) mass is 463 g/mol. The van der Waals surface area contributed by atoms with Crippen molar-refractivity contribution in [1.82, 2.24) is 9.97 Å². The molecule has 0 atom stereocenters. The van der Waals surface area contributed by atoms with Crippen LogP contribution < -0.4 is 9.64 Å². The van der Waals surface area contributed by atoms with Crippen molar-refractivity contribution < 1.29 is 9.53 Å². The molecule has 0 spiro atoms. The lowest BCUT2D eigenvalue weighted by Crippen LogP contribution is -2.30. The zero-order valence-electron chi connectivity index (χ0n) is 18.2. The van der Waals surface area contributed by atoms with Crippen LogP contribution in [-0.4, -0.2) is 28.7 Å². The van der Waals surface area contributed by atoms with Crippen LogP contribution in [0.5, 0.6) is 5.75 Å². The molecule has 0 unspecified atom stereocenters. The first-order valence-corrected chi connectivity index (χ1v) is 12.3. The number of carbonyl (C=O) groups excluding carboxylic acids is 1. The number of aryl methyl sites for hydroxylation is 1. The minimum atomic E-state index is 0.0555. The summed E-state index contributed by atoms with van der Waals surface area (Å²) >= 11 is 3.30. The van der Waals surface area contributed by atoms with Crippen LogP contribution in [0.4, 0.5) is 5.13 Å². The molecule has 164 valence electrons. The van der Waals surface area contributed by atoms with Crippen LogP contribution in [0.25, 0.3) is 10.2 Å². The van der Waals surface area contributed by atoms with Gasteiger partial charge in [-0.3, -0.25) is 14.7 Å². The van der Waals surface area contributed by atoms with Gasteiger partial charge in [-0.2, -0.15) is 0 Å². The first-order chi connectivity index (χ1) is 15.7. The molecule has 0 saturated carbocycles. The average molecular weight is 464 g/mol. The standard InChI is InChI=1S/C25H25N3O2S2/c1-18-13-14-21(30-2)23-24(18)32-25(27-23)28(17-19-9-6-7-15-26-19)22(29)12-8-16-31-20-10-4-3-5-11-20/h3-7,9-11,13-15H,8,12,16-17H2,1-2H3. The topological polar surface area (TPSA) is 55.3 Å². The van der Waals surface area contributed by atoms with Gasteiger partial charge in [0, 0.05) is 17.5 Å². The van der Waals surface area contributed by atoms with Crippen LogP contribution in [0.15, 0.2) is 71.8 Å². The molecule has 0 aliphatic heterocycles. The van der Waals surface area contributed by atoms with Crippen LogP contribution in [-0.2, 0) is 11.3 Å². The van der Waals surface area contributed by atoms with Crippen LogP contribution >= 0.6 is 23.1 Å². The summed E-state index contributed by atoms with van der Waals surface area (Å²) in [5.41, 5.74) is 2.75. The second-order valence-corrected chi connectivity index (χ2v) is 9.47. The van der Waals surface area contributed by atoms with Gasteiger partial charge in [0.15, 0.2) is 5.13 Å². The minimum absolute atomic E-state index is 0.0555. The third-order valence-corrected chi connectivity index (χ3v) is 7.35. The molecule has 0 saturated heterocycles. The van der Waals surface area contributed by atoms with Gasteiger partial charge in [-0.05, 0) is 55.0 Å². The van der Waals surface area contributed by atoms with E-state index in [0.717, 1.165) is 39.4 Å². The van der Waals surface area contributed by atoms with E-state index in [9.17, 15) is 4.79 Å². The number of thioether (sulfide) groups is 1. The van der Waals surface area contributed by atoms with E-state index in [1.807, 2.05) is 48.5 Å². The maximum absolute atomic E-state index is 13.3. The second-order valence-electron chi connectivity index (χ2n) is 7.32. The Bertz CT molecular complexity index is 1180. The summed E-state index contributed by atoms with van der Waals surface area (Å²) in [5, 5.41) is 0.680. The summed E-state index contributed by atoms with van der Waals surface area (Å²) in [6.45, 7) is 2.45. The molecule has 0 fully saturated rings. The molecular weight excluding hydrogens is 438 g/mol. The molecule has 2 heterocycles. The van der Waals surface area contributed by atoms with Crippen LogP contribution in [0.2, 0.25) is 0 Å². The van der Waals surface area contributed by atoms with Gasteiger partial charge in [0.1, 0.15) is 11.3 Å². The van der Waals surface area contributed by atoms with Gasteiger partial charge in [0.25, 0.3) is 0 Å². The number of hydrogen-bond donors (Lipinski definition) is 0. The van der Waals surface area contributed by atoms with Crippen LogP contribution in [0.3, 0.4) is 0 Å². The van der Waals surface area contributed by atoms with Crippen molar-refractivity contribution in [1.29, 1.82) is 0 Å². The predicted octanol–water partition coefficient (Wildman–Crippen LogP) is 6.11. The van der Waals surface area contributed by atoms with Crippen molar-refractivity contribution in [2.24, 2.45) is 0 Å². The van der Waals surface area contributed by atoms with Gasteiger partial charge in [0.05, 0.1) is 24.0 Å². The molecule has 1 amide bonds. The van der Waals surface area contributed by atoms with E-state index in [4.69, 9.17) is 9.72 Å². The number of pyridine rings is 1. The largest absolute Gasteiger partial charge is 0.494 e. The molecule has 4 aromatic rings. The summed E-state index contributed by atoms with van der Waals surface area (Å²) in [6, 6.07) is 20.0. The lowest BCUT2D eigenvalue weighted by molar-refractivity contribution is -0.118. The van der Waals surface area contributed by atoms with Crippen molar-refractivity contribution >= 4 is 44.4 Å².